The molecular weight excluding hydrogens is 1100 g/mol. The monoisotopic (exact) mass is 1170 g/mol. The van der Waals surface area contributed by atoms with Gasteiger partial charge in [0, 0.05) is 51.3 Å². The second kappa shape index (κ2) is 37.0. The van der Waals surface area contributed by atoms with E-state index in [0.29, 0.717) is 177 Å². The van der Waals surface area contributed by atoms with Crippen molar-refractivity contribution in [3.8, 4) is 5.75 Å². The molecule has 0 radical (unpaired) electrons. The summed E-state index contributed by atoms with van der Waals surface area (Å²) < 4.78 is 175. The van der Waals surface area contributed by atoms with Gasteiger partial charge in [-0.1, -0.05) is 18.2 Å². The first-order chi connectivity index (χ1) is 37.5. The number of hydrogen-bond acceptors (Lipinski definition) is 21. The van der Waals surface area contributed by atoms with Crippen molar-refractivity contribution in [3.63, 3.8) is 0 Å². The highest BCUT2D eigenvalue weighted by molar-refractivity contribution is 7.87. The number of carbonyl (C=O) groups is 2. The van der Waals surface area contributed by atoms with Gasteiger partial charge in [0.25, 0.3) is 30.4 Å². The molecule has 0 spiro atoms. The summed E-state index contributed by atoms with van der Waals surface area (Å²) in [5, 5.41) is 11.0. The van der Waals surface area contributed by atoms with E-state index in [9.17, 15) is 48.5 Å². The van der Waals surface area contributed by atoms with Gasteiger partial charge in [0.15, 0.2) is 0 Å². The second-order valence-corrected chi connectivity index (χ2v) is 20.9. The lowest BCUT2D eigenvalue weighted by atomic mass is 9.93. The van der Waals surface area contributed by atoms with Crippen LogP contribution in [0.3, 0.4) is 0 Å². The van der Waals surface area contributed by atoms with Crippen molar-refractivity contribution >= 4 is 74.5 Å². The Labute approximate surface area is 454 Å². The molecule has 1 amide bonds. The number of benzene rings is 4. The lowest BCUT2D eigenvalue weighted by Crippen LogP contribution is -2.27. The summed E-state index contributed by atoms with van der Waals surface area (Å²) >= 11 is 0. The van der Waals surface area contributed by atoms with E-state index in [4.69, 9.17) is 66.7 Å². The molecule has 0 atom stereocenters. The van der Waals surface area contributed by atoms with Crippen LogP contribution < -0.4 is 10.1 Å². The molecule has 0 bridgehead atoms. The maximum absolute atomic E-state index is 12.5. The average molecular weight is 1170 g/mol. The molecule has 0 saturated carbocycles. The third-order valence-electron chi connectivity index (χ3n) is 11.0. The summed E-state index contributed by atoms with van der Waals surface area (Å²) in [7, 11) is -15.0. The predicted molar refractivity (Wildman–Crippen MR) is 279 cm³/mol. The normalized spacial score (nSPS) is 12.4. The minimum Gasteiger partial charge on any atom is -0.493 e. The summed E-state index contributed by atoms with van der Waals surface area (Å²) in [6.45, 7) is 9.94. The van der Waals surface area contributed by atoms with Gasteiger partial charge in [0.2, 0.25) is 5.91 Å². The highest BCUT2D eigenvalue weighted by Crippen LogP contribution is 2.45. The van der Waals surface area contributed by atoms with Gasteiger partial charge in [-0.25, -0.2) is 0 Å². The zero-order valence-electron chi connectivity index (χ0n) is 43.5. The predicted octanol–water partition coefficient (Wildman–Crippen LogP) is 3.05. The van der Waals surface area contributed by atoms with Gasteiger partial charge in [0.1, 0.15) is 20.4 Å². The number of hydrogen-bond donors (Lipinski definition) is 5. The van der Waals surface area contributed by atoms with E-state index in [2.05, 4.69) is 5.32 Å². The molecule has 5 N–H and O–H groups in total. The Kier molecular flexibility index (Phi) is 31.5. The minimum atomic E-state index is -5.05. The SMILES string of the molecule is O=C(O)CCOCCOCCOCCOCCOCCOCCOCCOCCOCCOCCOCCOCCNC(=O)CCCCCOc1cc(S(=O)(=O)O)c2ccc3c(S(=O)(=O)O)cc(S(=O)(=O)O)c4ccc1c2c43. The number of ether oxygens (including phenoxy) is 13. The van der Waals surface area contributed by atoms with Crippen LogP contribution in [0, 0.1) is 0 Å². The molecule has 78 heavy (non-hydrogen) atoms. The molecule has 442 valence electrons. The van der Waals surface area contributed by atoms with Gasteiger partial charge in [0.05, 0.1) is 172 Å². The van der Waals surface area contributed by atoms with Crippen LogP contribution in [-0.4, -0.2) is 228 Å². The number of carbonyl (C=O) groups excluding carboxylic acids is 1. The maximum atomic E-state index is 12.5. The van der Waals surface area contributed by atoms with E-state index >= 15 is 0 Å². The van der Waals surface area contributed by atoms with E-state index < -0.39 is 51.0 Å². The van der Waals surface area contributed by atoms with Gasteiger partial charge in [-0.05, 0) is 31.4 Å². The fourth-order valence-electron chi connectivity index (χ4n) is 7.40. The fraction of sp³-hybridized carbons (Fsp3) is 0.633. The molecule has 0 aliphatic carbocycles. The lowest BCUT2D eigenvalue weighted by Gasteiger charge is -2.19. The number of amides is 1. The van der Waals surface area contributed by atoms with Gasteiger partial charge >= 0.3 is 5.97 Å². The van der Waals surface area contributed by atoms with Crippen LogP contribution in [0.4, 0.5) is 0 Å². The quantitative estimate of drug-likeness (QED) is 0.0241. The van der Waals surface area contributed by atoms with Gasteiger partial charge < -0.3 is 72.0 Å². The Morgan fingerprint density at radius 1 is 0.372 bits per heavy atom. The summed E-state index contributed by atoms with van der Waals surface area (Å²) in [4.78, 5) is 20.4. The zero-order chi connectivity index (χ0) is 56.5. The lowest BCUT2D eigenvalue weighted by molar-refractivity contribution is -0.138. The van der Waals surface area contributed by atoms with E-state index in [-0.39, 0.29) is 76.6 Å². The van der Waals surface area contributed by atoms with Crippen molar-refractivity contribution in [2.24, 2.45) is 0 Å². The van der Waals surface area contributed by atoms with Crippen molar-refractivity contribution in [1.29, 1.82) is 0 Å². The zero-order valence-corrected chi connectivity index (χ0v) is 45.9. The molecular formula is C49H73NO25S3. The maximum Gasteiger partial charge on any atom is 0.305 e. The number of carboxylic acid groups (broad SMARTS) is 1. The molecule has 4 rings (SSSR count). The van der Waals surface area contributed by atoms with Crippen LogP contribution in [0.2, 0.25) is 0 Å². The van der Waals surface area contributed by atoms with Crippen LogP contribution >= 0.6 is 0 Å². The van der Waals surface area contributed by atoms with Crippen LogP contribution in [-0.2, 0) is 96.8 Å². The van der Waals surface area contributed by atoms with Crippen molar-refractivity contribution in [2.45, 2.75) is 46.8 Å². The first-order valence-electron chi connectivity index (χ1n) is 25.2. The molecule has 0 saturated heterocycles. The molecule has 0 heterocycles. The Balaban J connectivity index is 0.894. The minimum absolute atomic E-state index is 0.0122. The van der Waals surface area contributed by atoms with Crippen LogP contribution in [0.5, 0.6) is 5.75 Å². The highest BCUT2D eigenvalue weighted by atomic mass is 32.2. The van der Waals surface area contributed by atoms with E-state index in [1.54, 1.807) is 0 Å². The molecule has 0 aromatic heterocycles. The van der Waals surface area contributed by atoms with Crippen LogP contribution in [0.15, 0.2) is 51.1 Å². The Hall–Kier alpha value is -4.09. The van der Waals surface area contributed by atoms with E-state index in [1.807, 2.05) is 0 Å². The highest BCUT2D eigenvalue weighted by Gasteiger charge is 2.28. The molecule has 4 aromatic carbocycles. The Bertz CT molecular complexity index is 2660. The average Bonchev–Trinajstić information content (AvgIpc) is 3.59. The summed E-state index contributed by atoms with van der Waals surface area (Å²) in [5.41, 5.74) is 0. The van der Waals surface area contributed by atoms with E-state index in [0.717, 1.165) is 12.1 Å². The van der Waals surface area contributed by atoms with E-state index in [1.165, 1.54) is 18.2 Å². The van der Waals surface area contributed by atoms with Crippen LogP contribution in [0.25, 0.3) is 32.3 Å². The topological polar surface area (TPSA) is 350 Å². The Morgan fingerprint density at radius 2 is 0.679 bits per heavy atom. The second-order valence-electron chi connectivity index (χ2n) is 16.7. The first-order valence-corrected chi connectivity index (χ1v) is 29.6. The van der Waals surface area contributed by atoms with Gasteiger partial charge in [-0.15, -0.1) is 0 Å². The Morgan fingerprint density at radius 3 is 1.03 bits per heavy atom. The molecule has 4 aromatic rings. The number of aliphatic carboxylic acids is 1. The van der Waals surface area contributed by atoms with Gasteiger partial charge in [-0.2, -0.15) is 25.3 Å². The first kappa shape index (κ1) is 66.4. The number of rotatable bonds is 49. The molecule has 26 nitrogen and oxygen atoms in total. The molecule has 29 heteroatoms. The largest absolute Gasteiger partial charge is 0.493 e. The number of carboxylic acids is 1. The molecule has 0 unspecified atom stereocenters. The number of nitrogens with one attached hydrogen (secondary N) is 1. The third-order valence-corrected chi connectivity index (χ3v) is 13.7. The standard InChI is InChI=1S/C49H73NO25S3/c51-46(4-2-1-3-11-75-42-36-43(76(54,55)56)39-7-8-41-45(78(60,61)62)37-44(77(57,58)59)40-6-5-38(42)48(39)49(40)41)50-10-13-64-15-17-66-19-21-68-23-25-70-27-29-72-31-33-74-35-34-73-32-30-71-28-26-69-24-22-67-20-18-65-16-14-63-12-9-47(52)53/h5-8,36-37H,1-4,9-35H2,(H,50,51)(H,52,53)(H,54,55,56)(H,57,58,59)(H,60,61,62). The summed E-state index contributed by atoms with van der Waals surface area (Å²) in [6, 6.07) is 6.77. The van der Waals surface area contributed by atoms with Crippen molar-refractivity contribution in [2.75, 3.05) is 172 Å². The summed E-state index contributed by atoms with van der Waals surface area (Å²) in [5.74, 6) is -1.10. The molecule has 0 aliphatic rings. The van der Waals surface area contributed by atoms with Crippen molar-refractivity contribution in [1.82, 2.24) is 5.32 Å². The third kappa shape index (κ3) is 25.6. The summed E-state index contributed by atoms with van der Waals surface area (Å²) in [6.07, 6.45) is 1.69. The van der Waals surface area contributed by atoms with Gasteiger partial charge in [-0.3, -0.25) is 23.2 Å². The van der Waals surface area contributed by atoms with Crippen LogP contribution in [0.1, 0.15) is 32.1 Å². The smallest absolute Gasteiger partial charge is 0.305 e. The van der Waals surface area contributed by atoms with Crippen molar-refractivity contribution < 1.29 is 115 Å². The molecule has 0 fully saturated rings. The number of unbranched alkanes of at least 4 members (excludes halogenated alkanes) is 2. The van der Waals surface area contributed by atoms with Crippen molar-refractivity contribution in [3.05, 3.63) is 36.4 Å². The molecule has 0 aliphatic heterocycles. The fourth-order valence-corrected chi connectivity index (χ4v) is 9.61.